The van der Waals surface area contributed by atoms with E-state index in [1.54, 1.807) is 13.8 Å². The van der Waals surface area contributed by atoms with E-state index < -0.39 is 49.3 Å². The summed E-state index contributed by atoms with van der Waals surface area (Å²) >= 11 is 0. The summed E-state index contributed by atoms with van der Waals surface area (Å²) in [6.07, 6.45) is 0. The third-order valence-corrected chi connectivity index (χ3v) is 6.49. The summed E-state index contributed by atoms with van der Waals surface area (Å²) in [7, 11) is -9.90. The Morgan fingerprint density at radius 3 is 1.77 bits per heavy atom. The molecule has 0 amide bonds. The Kier molecular flexibility index (Phi) is 7.03. The van der Waals surface area contributed by atoms with Crippen LogP contribution in [-0.2, 0) is 24.9 Å². The predicted molar refractivity (Wildman–Crippen MR) is 104 cm³/mol. The predicted octanol–water partition coefficient (Wildman–Crippen LogP) is 2.97. The van der Waals surface area contributed by atoms with Crippen LogP contribution in [0.3, 0.4) is 0 Å². The molecular weight excluding hydrogens is 463 g/mol. The summed E-state index contributed by atoms with van der Waals surface area (Å²) in [5, 5.41) is 9.15. The van der Waals surface area contributed by atoms with Gasteiger partial charge in [-0.15, -0.1) is 0 Å². The molecule has 0 spiro atoms. The fourth-order valence-corrected chi connectivity index (χ4v) is 4.21. The quantitative estimate of drug-likeness (QED) is 0.438. The van der Waals surface area contributed by atoms with E-state index in [9.17, 15) is 34.8 Å². The number of hydrogen-bond acceptors (Lipinski definition) is 6. The van der Waals surface area contributed by atoms with Crippen molar-refractivity contribution in [2.75, 3.05) is 0 Å². The fourth-order valence-electron chi connectivity index (χ4n) is 2.41. The number of rotatable bonds is 8. The van der Waals surface area contributed by atoms with Crippen molar-refractivity contribution < 1.29 is 44.1 Å². The molecule has 0 saturated carbocycles. The van der Waals surface area contributed by atoms with Gasteiger partial charge in [-0.25, -0.2) is 8.42 Å². The van der Waals surface area contributed by atoms with E-state index in [2.05, 4.69) is 8.91 Å². The maximum Gasteiger partial charge on any atom is 0.534 e. The molecule has 0 aliphatic carbocycles. The third-order valence-electron chi connectivity index (χ3n) is 4.06. The Morgan fingerprint density at radius 1 is 0.935 bits per heavy atom. The number of sulfonamides is 1. The van der Waals surface area contributed by atoms with Crippen molar-refractivity contribution in [3.8, 4) is 16.9 Å². The highest BCUT2D eigenvalue weighted by Gasteiger charge is 2.48. The van der Waals surface area contributed by atoms with Gasteiger partial charge in [0.05, 0.1) is 4.90 Å². The molecule has 8 nitrogen and oxygen atoms in total. The van der Waals surface area contributed by atoms with Crippen LogP contribution in [0.5, 0.6) is 5.75 Å². The summed E-state index contributed by atoms with van der Waals surface area (Å²) in [6, 6.07) is 8.58. The normalized spacial score (nSPS) is 13.7. The molecule has 0 unspecified atom stereocenters. The highest BCUT2D eigenvalue weighted by molar-refractivity contribution is 7.89. The number of aliphatic carboxylic acids is 1. The van der Waals surface area contributed by atoms with Crippen LogP contribution in [0.15, 0.2) is 53.4 Å². The first-order valence-corrected chi connectivity index (χ1v) is 11.5. The Balaban J connectivity index is 2.21. The summed E-state index contributed by atoms with van der Waals surface area (Å²) in [5.41, 5.74) is -4.64. The highest BCUT2D eigenvalue weighted by Crippen LogP contribution is 2.29. The van der Waals surface area contributed by atoms with E-state index in [-0.39, 0.29) is 4.90 Å². The molecule has 0 aromatic heterocycles. The highest BCUT2D eigenvalue weighted by atomic mass is 32.2. The second-order valence-corrected chi connectivity index (χ2v) is 9.96. The van der Waals surface area contributed by atoms with Gasteiger partial charge in [-0.05, 0) is 41.3 Å². The lowest BCUT2D eigenvalue weighted by atomic mass is 10.1. The molecular formula is C18H18F3NO7S2. The molecule has 0 aliphatic rings. The Bertz CT molecular complexity index is 1140. The van der Waals surface area contributed by atoms with Crippen molar-refractivity contribution in [1.29, 1.82) is 0 Å². The number of carboxylic acid groups (broad SMARTS) is 1. The lowest BCUT2D eigenvalue weighted by Gasteiger charge is -2.18. The molecule has 2 aromatic carbocycles. The molecule has 2 N–H and O–H groups in total. The summed E-state index contributed by atoms with van der Waals surface area (Å²) < 4.78 is 90.1. The van der Waals surface area contributed by atoms with Crippen LogP contribution in [0.1, 0.15) is 13.8 Å². The van der Waals surface area contributed by atoms with E-state index in [1.807, 2.05) is 0 Å². The van der Waals surface area contributed by atoms with Crippen LogP contribution in [0.2, 0.25) is 0 Å². The molecule has 170 valence electrons. The van der Waals surface area contributed by atoms with Crippen molar-refractivity contribution in [3.63, 3.8) is 0 Å². The second kappa shape index (κ2) is 8.85. The minimum Gasteiger partial charge on any atom is -0.480 e. The van der Waals surface area contributed by atoms with Gasteiger partial charge in [0.2, 0.25) is 10.0 Å². The molecule has 31 heavy (non-hydrogen) atoms. The molecule has 0 heterocycles. The summed E-state index contributed by atoms with van der Waals surface area (Å²) in [6.45, 7) is 3.11. The molecule has 1 atom stereocenters. The second-order valence-electron chi connectivity index (χ2n) is 6.71. The zero-order valence-electron chi connectivity index (χ0n) is 16.1. The standard InChI is InChI=1S/C18H18F3NO7S2/c1-11(2)16(17(23)24)22-30(25,26)15-9-5-13(6-10-15)12-3-7-14(8-4-12)29-31(27,28)18(19,20)21/h3-11,16,22H,1-2H3,(H,23,24)/t16-/m1/s1. The molecule has 0 saturated heterocycles. The van der Waals surface area contributed by atoms with Gasteiger partial charge in [-0.2, -0.15) is 26.3 Å². The van der Waals surface area contributed by atoms with Crippen molar-refractivity contribution in [3.05, 3.63) is 48.5 Å². The first-order chi connectivity index (χ1) is 14.1. The number of alkyl halides is 3. The van der Waals surface area contributed by atoms with E-state index in [4.69, 9.17) is 5.11 Å². The van der Waals surface area contributed by atoms with Crippen LogP contribution < -0.4 is 8.91 Å². The largest absolute Gasteiger partial charge is 0.534 e. The lowest BCUT2D eigenvalue weighted by molar-refractivity contribution is -0.140. The number of carbonyl (C=O) groups is 1. The molecule has 0 radical (unpaired) electrons. The topological polar surface area (TPSA) is 127 Å². The van der Waals surface area contributed by atoms with Gasteiger partial charge in [0.25, 0.3) is 0 Å². The molecule has 13 heteroatoms. The Labute approximate surface area is 176 Å². The molecule has 0 fully saturated rings. The molecule has 0 bridgehead atoms. The van der Waals surface area contributed by atoms with Gasteiger partial charge >= 0.3 is 21.6 Å². The van der Waals surface area contributed by atoms with Crippen LogP contribution in [0, 0.1) is 5.92 Å². The van der Waals surface area contributed by atoms with Crippen molar-refractivity contribution in [1.82, 2.24) is 4.72 Å². The minimum absolute atomic E-state index is 0.181. The molecule has 2 aromatic rings. The maximum atomic E-state index is 12.4. The fraction of sp³-hybridized carbons (Fsp3) is 0.278. The van der Waals surface area contributed by atoms with E-state index in [0.717, 1.165) is 12.1 Å². The van der Waals surface area contributed by atoms with Crippen molar-refractivity contribution in [2.45, 2.75) is 30.3 Å². The zero-order chi connectivity index (χ0) is 23.6. The summed E-state index contributed by atoms with van der Waals surface area (Å²) in [4.78, 5) is 11.0. The SMILES string of the molecule is CC(C)[C@@H](NS(=O)(=O)c1ccc(-c2ccc(OS(=O)(=O)C(F)(F)F)cc2)cc1)C(=O)O. The van der Waals surface area contributed by atoms with Crippen molar-refractivity contribution in [2.24, 2.45) is 5.92 Å². The van der Waals surface area contributed by atoms with Gasteiger partial charge in [0.1, 0.15) is 11.8 Å². The van der Waals surface area contributed by atoms with Gasteiger partial charge in [0.15, 0.2) is 0 Å². The first-order valence-electron chi connectivity index (χ1n) is 8.60. The third kappa shape index (κ3) is 5.95. The zero-order valence-corrected chi connectivity index (χ0v) is 17.8. The van der Waals surface area contributed by atoms with E-state index in [0.29, 0.717) is 11.1 Å². The smallest absolute Gasteiger partial charge is 0.480 e. The number of nitrogens with one attached hydrogen (secondary N) is 1. The van der Waals surface area contributed by atoms with Gasteiger partial charge in [-0.3, -0.25) is 4.79 Å². The number of hydrogen-bond donors (Lipinski definition) is 2. The number of benzene rings is 2. The van der Waals surface area contributed by atoms with Gasteiger partial charge in [-0.1, -0.05) is 38.1 Å². The van der Waals surface area contributed by atoms with Crippen LogP contribution in [-0.4, -0.2) is 39.5 Å². The van der Waals surface area contributed by atoms with E-state index >= 15 is 0 Å². The minimum atomic E-state index is -5.79. The lowest BCUT2D eigenvalue weighted by Crippen LogP contribution is -2.44. The summed E-state index contributed by atoms with van der Waals surface area (Å²) in [5.74, 6) is -2.35. The van der Waals surface area contributed by atoms with Crippen LogP contribution >= 0.6 is 0 Å². The number of carboxylic acids is 1. The molecule has 2 rings (SSSR count). The van der Waals surface area contributed by atoms with E-state index in [1.165, 1.54) is 36.4 Å². The monoisotopic (exact) mass is 481 g/mol. The Morgan fingerprint density at radius 2 is 1.39 bits per heavy atom. The van der Waals surface area contributed by atoms with Gasteiger partial charge in [0, 0.05) is 0 Å². The Hall–Kier alpha value is -2.64. The van der Waals surface area contributed by atoms with Gasteiger partial charge < -0.3 is 9.29 Å². The first kappa shape index (κ1) is 24.6. The van der Waals surface area contributed by atoms with Crippen LogP contribution in [0.25, 0.3) is 11.1 Å². The number of halogens is 3. The molecule has 0 aliphatic heterocycles. The maximum absolute atomic E-state index is 12.4. The van der Waals surface area contributed by atoms with Crippen molar-refractivity contribution >= 4 is 26.1 Å². The average Bonchev–Trinajstić information content (AvgIpc) is 2.65. The van der Waals surface area contributed by atoms with Crippen LogP contribution in [0.4, 0.5) is 13.2 Å². The average molecular weight is 481 g/mol.